The summed E-state index contributed by atoms with van der Waals surface area (Å²) in [6.45, 7) is 0. The fraction of sp³-hybridized carbons (Fsp3) is 0. The summed E-state index contributed by atoms with van der Waals surface area (Å²) in [4.78, 5) is 0. The van der Waals surface area contributed by atoms with Gasteiger partial charge in [0.2, 0.25) is 0 Å². The van der Waals surface area contributed by atoms with E-state index in [4.69, 9.17) is 0 Å². The van der Waals surface area contributed by atoms with Crippen LogP contribution in [0.5, 0.6) is 0 Å². The zero-order chi connectivity index (χ0) is 0. The van der Waals surface area contributed by atoms with Crippen molar-refractivity contribution in [1.29, 1.82) is 0 Å². The zero-order valence-corrected chi connectivity index (χ0v) is 4.77. The SMILES string of the molecule is F.F.F.F.F.F.[As].[LiH]. The van der Waals surface area contributed by atoms with Gasteiger partial charge < -0.3 is 0 Å². The van der Waals surface area contributed by atoms with E-state index < -0.39 is 0 Å². The van der Waals surface area contributed by atoms with E-state index in [9.17, 15) is 0 Å². The van der Waals surface area contributed by atoms with E-state index in [1.807, 2.05) is 0 Å². The van der Waals surface area contributed by atoms with Crippen molar-refractivity contribution in [2.45, 2.75) is 0 Å². The topological polar surface area (TPSA) is 0 Å². The summed E-state index contributed by atoms with van der Waals surface area (Å²) in [5, 5.41) is 0. The van der Waals surface area contributed by atoms with Crippen LogP contribution in [-0.4, -0.2) is 36.8 Å². The molecule has 55 valence electrons. The van der Waals surface area contributed by atoms with Crippen molar-refractivity contribution < 1.29 is 28.2 Å². The first-order valence-electron chi connectivity index (χ1n) is 0. The van der Waals surface area contributed by atoms with Crippen LogP contribution in [0.2, 0.25) is 0 Å². The molecule has 0 aliphatic rings. The van der Waals surface area contributed by atoms with Gasteiger partial charge in [0.1, 0.15) is 0 Å². The third kappa shape index (κ3) is 409. The van der Waals surface area contributed by atoms with Crippen LogP contribution in [0.4, 0.5) is 28.2 Å². The molecule has 0 aromatic rings. The third-order valence-corrected chi connectivity index (χ3v) is 0. The maximum absolute atomic E-state index is 0. The predicted octanol–water partition coefficient (Wildman–Crippen LogP) is -0.114. The molecule has 0 atom stereocenters. The van der Waals surface area contributed by atoms with Gasteiger partial charge in [0, 0.05) is 18.0 Å². The second-order valence-electron chi connectivity index (χ2n) is 0. The van der Waals surface area contributed by atoms with Crippen molar-refractivity contribution in [3.63, 3.8) is 0 Å². The van der Waals surface area contributed by atoms with Gasteiger partial charge in [-0.25, -0.2) is 0 Å². The molecule has 0 spiro atoms. The Bertz CT molecular complexity index is 8.49. The van der Waals surface area contributed by atoms with Crippen molar-refractivity contribution in [1.82, 2.24) is 0 Å². The molecule has 0 rings (SSSR count). The van der Waals surface area contributed by atoms with Gasteiger partial charge in [-0.3, -0.25) is 28.2 Å². The number of hydrogen-bond donors (Lipinski definition) is 0. The fourth-order valence-electron chi connectivity index (χ4n) is 0. The van der Waals surface area contributed by atoms with Crippen molar-refractivity contribution in [2.24, 2.45) is 0 Å². The number of halogens is 6. The van der Waals surface area contributed by atoms with Gasteiger partial charge >= 0.3 is 18.9 Å². The van der Waals surface area contributed by atoms with E-state index >= 15 is 0 Å². The Kier molecular flexibility index (Phi) is 78200. The first kappa shape index (κ1) is 965. The number of rotatable bonds is 0. The first-order valence-corrected chi connectivity index (χ1v) is 0. The molecule has 0 aliphatic carbocycles. The second-order valence-corrected chi connectivity index (χ2v) is 0. The summed E-state index contributed by atoms with van der Waals surface area (Å²) >= 11 is 0. The van der Waals surface area contributed by atoms with Gasteiger partial charge in [-0.1, -0.05) is 0 Å². The van der Waals surface area contributed by atoms with Gasteiger partial charge in [0.25, 0.3) is 0 Å². The summed E-state index contributed by atoms with van der Waals surface area (Å²) in [6, 6.07) is 0. The standard InChI is InChI=1S/As.6FH.Li.H/h;6*1H;;. The Morgan fingerprint density at radius 2 is 0.375 bits per heavy atom. The van der Waals surface area contributed by atoms with Crippen LogP contribution in [0, 0.1) is 0 Å². The summed E-state index contributed by atoms with van der Waals surface area (Å²) < 4.78 is 0. The second kappa shape index (κ2) is 648. The molecule has 0 nitrogen and oxygen atoms in total. The van der Waals surface area contributed by atoms with Crippen molar-refractivity contribution in [3.8, 4) is 0 Å². The van der Waals surface area contributed by atoms with E-state index in [0.29, 0.717) is 0 Å². The molecule has 3 radical (unpaired) electrons. The minimum atomic E-state index is 0. The molecule has 0 saturated carbocycles. The van der Waals surface area contributed by atoms with Gasteiger partial charge in [0.05, 0.1) is 0 Å². The Morgan fingerprint density at radius 1 is 0.375 bits per heavy atom. The van der Waals surface area contributed by atoms with Crippen LogP contribution in [0.25, 0.3) is 0 Å². The summed E-state index contributed by atoms with van der Waals surface area (Å²) in [5.41, 5.74) is 0. The third-order valence-electron chi connectivity index (χ3n) is 0. The average molecular weight is 203 g/mol. The molecule has 0 saturated heterocycles. The Morgan fingerprint density at radius 3 is 0.375 bits per heavy atom. The fourth-order valence-corrected chi connectivity index (χ4v) is 0. The van der Waals surface area contributed by atoms with Gasteiger partial charge in [0.15, 0.2) is 0 Å². The molecule has 0 aromatic heterocycles. The Labute approximate surface area is 65.5 Å². The molecule has 0 aliphatic heterocycles. The monoisotopic (exact) mass is 203 g/mol. The molecular formula is H7AsF6Li. The maximum atomic E-state index is 0. The summed E-state index contributed by atoms with van der Waals surface area (Å²) in [6.07, 6.45) is 0. The zero-order valence-electron chi connectivity index (χ0n) is 2.90. The van der Waals surface area contributed by atoms with Gasteiger partial charge in [-0.15, -0.1) is 0 Å². The molecule has 0 heterocycles. The van der Waals surface area contributed by atoms with Crippen molar-refractivity contribution >= 4 is 36.8 Å². The van der Waals surface area contributed by atoms with Crippen LogP contribution in [0.15, 0.2) is 0 Å². The normalized spacial score (nSPS) is 0. The quantitative estimate of drug-likeness (QED) is 0.380. The van der Waals surface area contributed by atoms with Gasteiger partial charge in [-0.05, 0) is 0 Å². The van der Waals surface area contributed by atoms with Gasteiger partial charge in [-0.2, -0.15) is 0 Å². The molecule has 0 N–H and O–H groups in total. The molecule has 0 fully saturated rings. The van der Waals surface area contributed by atoms with Crippen LogP contribution in [0.3, 0.4) is 0 Å². The van der Waals surface area contributed by atoms with E-state index in [0.717, 1.165) is 0 Å². The van der Waals surface area contributed by atoms with E-state index in [1.54, 1.807) is 0 Å². The molecule has 8 heteroatoms. The average Bonchev–Trinajstić information content (AvgIpc) is 0. The van der Waals surface area contributed by atoms with Crippen molar-refractivity contribution in [2.75, 3.05) is 0 Å². The number of hydrogen-bond acceptors (Lipinski definition) is 0. The molecule has 8 heavy (non-hydrogen) atoms. The minimum absolute atomic E-state index is 0. The molecule has 0 bridgehead atoms. The molecule has 0 unspecified atom stereocenters. The first-order chi connectivity index (χ1) is 0. The molecular weight excluding hydrogens is 196 g/mol. The predicted molar refractivity (Wildman–Crippen MR) is 27.9 cm³/mol. The van der Waals surface area contributed by atoms with Crippen LogP contribution < -0.4 is 0 Å². The Hall–Kier alpha value is 0.736. The van der Waals surface area contributed by atoms with E-state index in [-0.39, 0.29) is 65.0 Å². The Balaban J connectivity index is 0. The van der Waals surface area contributed by atoms with E-state index in [2.05, 4.69) is 0 Å². The van der Waals surface area contributed by atoms with Crippen molar-refractivity contribution in [3.05, 3.63) is 0 Å². The van der Waals surface area contributed by atoms with E-state index in [1.165, 1.54) is 0 Å². The van der Waals surface area contributed by atoms with Crippen LogP contribution >= 0.6 is 0 Å². The summed E-state index contributed by atoms with van der Waals surface area (Å²) in [5.74, 6) is 0. The summed E-state index contributed by atoms with van der Waals surface area (Å²) in [7, 11) is 0. The molecule has 0 aromatic carbocycles. The van der Waals surface area contributed by atoms with Crippen LogP contribution in [-0.2, 0) is 0 Å². The molecule has 0 amide bonds. The van der Waals surface area contributed by atoms with Crippen LogP contribution in [0.1, 0.15) is 0 Å².